The molecule has 0 bridgehead atoms. The second-order valence-corrected chi connectivity index (χ2v) is 9.28. The summed E-state index contributed by atoms with van der Waals surface area (Å²) in [6, 6.07) is 14.4. The summed E-state index contributed by atoms with van der Waals surface area (Å²) in [5.74, 6) is 0.345. The van der Waals surface area contributed by atoms with Crippen LogP contribution in [0.15, 0.2) is 53.4 Å². The number of amides is 1. The highest BCUT2D eigenvalue weighted by molar-refractivity contribution is 7.89. The highest BCUT2D eigenvalue weighted by atomic mass is 32.2. The normalized spacial score (nSPS) is 20.5. The number of carbonyl (C=O) groups is 1. The van der Waals surface area contributed by atoms with E-state index in [1.807, 2.05) is 18.2 Å². The highest BCUT2D eigenvalue weighted by Crippen LogP contribution is 2.35. The highest BCUT2D eigenvalue weighted by Gasteiger charge is 2.29. The monoisotopic (exact) mass is 384 g/mol. The summed E-state index contributed by atoms with van der Waals surface area (Å²) < 4.78 is 26.8. The van der Waals surface area contributed by atoms with Gasteiger partial charge in [-0.3, -0.25) is 4.79 Å². The van der Waals surface area contributed by atoms with Gasteiger partial charge in [0.15, 0.2) is 0 Å². The molecule has 1 saturated heterocycles. The zero-order valence-electron chi connectivity index (χ0n) is 15.5. The van der Waals surface area contributed by atoms with Crippen molar-refractivity contribution in [3.8, 4) is 0 Å². The van der Waals surface area contributed by atoms with Gasteiger partial charge in [0.05, 0.1) is 4.90 Å². The van der Waals surface area contributed by atoms with Gasteiger partial charge in [-0.1, -0.05) is 25.1 Å². The maximum atomic E-state index is 13.1. The van der Waals surface area contributed by atoms with Gasteiger partial charge in [-0.05, 0) is 61.1 Å². The molecule has 0 N–H and O–H groups in total. The molecule has 2 aliphatic heterocycles. The van der Waals surface area contributed by atoms with Crippen LogP contribution < -0.4 is 4.90 Å². The summed E-state index contributed by atoms with van der Waals surface area (Å²) in [6.45, 7) is 4.00. The summed E-state index contributed by atoms with van der Waals surface area (Å²) in [4.78, 5) is 15.1. The largest absolute Gasteiger partial charge is 0.308 e. The first-order chi connectivity index (χ1) is 13.0. The van der Waals surface area contributed by atoms with Gasteiger partial charge < -0.3 is 4.90 Å². The number of rotatable bonds is 3. The van der Waals surface area contributed by atoms with Gasteiger partial charge in [0.25, 0.3) is 5.91 Å². The standard InChI is InChI=1S/C21H24N2O3S/c1-16-12-15-23(20-7-3-2-6-19(16)20)21(24)17-8-10-18(11-9-17)27(25,26)22-13-4-5-14-22/h2-3,6-11,16H,4-5,12-15H2,1H3. The predicted octanol–water partition coefficient (Wildman–Crippen LogP) is 3.63. The number of para-hydroxylation sites is 1. The van der Waals surface area contributed by atoms with Crippen molar-refractivity contribution < 1.29 is 13.2 Å². The van der Waals surface area contributed by atoms with E-state index >= 15 is 0 Å². The Kier molecular flexibility index (Phi) is 4.78. The smallest absolute Gasteiger partial charge is 0.258 e. The molecule has 0 aromatic heterocycles. The number of hydrogen-bond donors (Lipinski definition) is 0. The van der Waals surface area contributed by atoms with Crippen LogP contribution in [0.5, 0.6) is 0 Å². The van der Waals surface area contributed by atoms with E-state index in [0.29, 0.717) is 31.1 Å². The van der Waals surface area contributed by atoms with Gasteiger partial charge in [0.1, 0.15) is 0 Å². The fraction of sp³-hybridized carbons (Fsp3) is 0.381. The first-order valence-corrected chi connectivity index (χ1v) is 10.9. The Morgan fingerprint density at radius 2 is 1.63 bits per heavy atom. The molecule has 27 heavy (non-hydrogen) atoms. The van der Waals surface area contributed by atoms with Crippen LogP contribution in [-0.4, -0.2) is 38.3 Å². The van der Waals surface area contributed by atoms with E-state index < -0.39 is 10.0 Å². The number of hydrogen-bond acceptors (Lipinski definition) is 3. The molecule has 1 fully saturated rings. The molecule has 6 heteroatoms. The second kappa shape index (κ2) is 7.09. The fourth-order valence-corrected chi connectivity index (χ4v) is 5.48. The Labute approximate surface area is 160 Å². The lowest BCUT2D eigenvalue weighted by molar-refractivity contribution is 0.0984. The first-order valence-electron chi connectivity index (χ1n) is 9.49. The molecule has 5 nitrogen and oxygen atoms in total. The minimum atomic E-state index is -3.45. The lowest BCUT2D eigenvalue weighted by Crippen LogP contribution is -2.36. The Morgan fingerprint density at radius 3 is 2.33 bits per heavy atom. The zero-order chi connectivity index (χ0) is 19.0. The number of sulfonamides is 1. The van der Waals surface area contributed by atoms with Gasteiger partial charge in [-0.2, -0.15) is 4.31 Å². The van der Waals surface area contributed by atoms with Crippen molar-refractivity contribution in [3.05, 3.63) is 59.7 Å². The maximum absolute atomic E-state index is 13.1. The molecule has 0 radical (unpaired) electrons. The van der Waals surface area contributed by atoms with Crippen LogP contribution in [0.25, 0.3) is 0 Å². The predicted molar refractivity (Wildman–Crippen MR) is 106 cm³/mol. The molecule has 0 spiro atoms. The first kappa shape index (κ1) is 18.2. The molecule has 2 aromatic rings. The number of fused-ring (bicyclic) bond motifs is 1. The van der Waals surface area contributed by atoms with Gasteiger partial charge in [0, 0.05) is 30.9 Å². The summed E-state index contributed by atoms with van der Waals surface area (Å²) in [5, 5.41) is 0. The topological polar surface area (TPSA) is 57.7 Å². The van der Waals surface area contributed by atoms with E-state index in [4.69, 9.17) is 0 Å². The molecule has 1 amide bonds. The Morgan fingerprint density at radius 1 is 0.963 bits per heavy atom. The molecule has 1 unspecified atom stereocenters. The quantitative estimate of drug-likeness (QED) is 0.812. The summed E-state index contributed by atoms with van der Waals surface area (Å²) in [6.07, 6.45) is 2.73. The SMILES string of the molecule is CC1CCN(C(=O)c2ccc(S(=O)(=O)N3CCCC3)cc2)c2ccccc21. The van der Waals surface area contributed by atoms with Crippen molar-refractivity contribution >= 4 is 21.6 Å². The average molecular weight is 385 g/mol. The molecule has 2 heterocycles. The second-order valence-electron chi connectivity index (χ2n) is 7.34. The molecule has 0 aliphatic carbocycles. The van der Waals surface area contributed by atoms with Crippen LogP contribution in [0.3, 0.4) is 0 Å². The lowest BCUT2D eigenvalue weighted by Gasteiger charge is -2.33. The van der Waals surface area contributed by atoms with Crippen LogP contribution in [0, 0.1) is 0 Å². The van der Waals surface area contributed by atoms with Gasteiger partial charge in [-0.15, -0.1) is 0 Å². The molecule has 0 saturated carbocycles. The molecule has 142 valence electrons. The lowest BCUT2D eigenvalue weighted by atomic mass is 9.91. The van der Waals surface area contributed by atoms with Crippen molar-refractivity contribution in [1.29, 1.82) is 0 Å². The van der Waals surface area contributed by atoms with Gasteiger partial charge in [-0.25, -0.2) is 8.42 Å². The van der Waals surface area contributed by atoms with Crippen LogP contribution in [0.1, 0.15) is 48.0 Å². The van der Waals surface area contributed by atoms with E-state index in [0.717, 1.165) is 24.9 Å². The molecular weight excluding hydrogens is 360 g/mol. The molecule has 4 rings (SSSR count). The Balaban J connectivity index is 1.60. The number of carbonyl (C=O) groups excluding carboxylic acids is 1. The van der Waals surface area contributed by atoms with Gasteiger partial charge >= 0.3 is 0 Å². The third-order valence-electron chi connectivity index (χ3n) is 5.59. The summed E-state index contributed by atoms with van der Waals surface area (Å²) in [7, 11) is -3.45. The number of nitrogens with zero attached hydrogens (tertiary/aromatic N) is 2. The molecule has 2 aliphatic rings. The van der Waals surface area contributed by atoms with E-state index in [9.17, 15) is 13.2 Å². The molecule has 2 aromatic carbocycles. The van der Waals surface area contributed by atoms with E-state index in [1.165, 1.54) is 9.87 Å². The van der Waals surface area contributed by atoms with Crippen LogP contribution in [-0.2, 0) is 10.0 Å². The van der Waals surface area contributed by atoms with Crippen molar-refractivity contribution in [2.45, 2.75) is 37.0 Å². The zero-order valence-corrected chi connectivity index (χ0v) is 16.3. The van der Waals surface area contributed by atoms with E-state index in [1.54, 1.807) is 29.2 Å². The van der Waals surface area contributed by atoms with Crippen molar-refractivity contribution in [3.63, 3.8) is 0 Å². The maximum Gasteiger partial charge on any atom is 0.258 e. The Bertz CT molecular complexity index is 948. The van der Waals surface area contributed by atoms with Crippen molar-refractivity contribution in [2.75, 3.05) is 24.5 Å². The van der Waals surface area contributed by atoms with Crippen LogP contribution in [0.2, 0.25) is 0 Å². The number of anilines is 1. The number of benzene rings is 2. The van der Waals surface area contributed by atoms with Crippen LogP contribution >= 0.6 is 0 Å². The Hall–Kier alpha value is -2.18. The molecular formula is C21H24N2O3S. The van der Waals surface area contributed by atoms with Crippen LogP contribution in [0.4, 0.5) is 5.69 Å². The van der Waals surface area contributed by atoms with Crippen molar-refractivity contribution in [1.82, 2.24) is 4.31 Å². The van der Waals surface area contributed by atoms with E-state index in [2.05, 4.69) is 13.0 Å². The minimum Gasteiger partial charge on any atom is -0.308 e. The van der Waals surface area contributed by atoms with E-state index in [-0.39, 0.29) is 10.8 Å². The molecule has 1 atom stereocenters. The fourth-order valence-electron chi connectivity index (χ4n) is 3.96. The third kappa shape index (κ3) is 3.28. The average Bonchev–Trinajstić information content (AvgIpc) is 3.24. The summed E-state index contributed by atoms with van der Waals surface area (Å²) >= 11 is 0. The summed E-state index contributed by atoms with van der Waals surface area (Å²) in [5.41, 5.74) is 2.65. The van der Waals surface area contributed by atoms with Gasteiger partial charge in [0.2, 0.25) is 10.0 Å². The third-order valence-corrected chi connectivity index (χ3v) is 7.51. The van der Waals surface area contributed by atoms with Crippen molar-refractivity contribution in [2.24, 2.45) is 0 Å². The minimum absolute atomic E-state index is 0.0838.